The van der Waals surface area contributed by atoms with Crippen LogP contribution in [0.1, 0.15) is 17.5 Å². The van der Waals surface area contributed by atoms with Gasteiger partial charge in [-0.15, -0.1) is 0 Å². The third kappa shape index (κ3) is 2.34. The Labute approximate surface area is 108 Å². The topological polar surface area (TPSA) is 61.2 Å². The molecule has 5 heteroatoms. The fraction of sp³-hybridized carbons (Fsp3) is 0.462. The maximum atomic E-state index is 11.5. The van der Waals surface area contributed by atoms with Gasteiger partial charge in [0.05, 0.1) is 22.8 Å². The lowest BCUT2D eigenvalue weighted by Gasteiger charge is -2.28. The Morgan fingerprint density at radius 1 is 1.44 bits per heavy atom. The number of sulfone groups is 1. The molecule has 1 aromatic carbocycles. The summed E-state index contributed by atoms with van der Waals surface area (Å²) in [6, 6.07) is 7.70. The van der Waals surface area contributed by atoms with Crippen LogP contribution in [0.25, 0.3) is 0 Å². The molecule has 4 nitrogen and oxygen atoms in total. The molecule has 1 heterocycles. The number of aryl methyl sites for hydroxylation is 1. The first-order valence-electron chi connectivity index (χ1n) is 5.87. The Balaban J connectivity index is 2.36. The lowest BCUT2D eigenvalue weighted by Crippen LogP contribution is -2.33. The molecule has 0 aliphatic carbocycles. The van der Waals surface area contributed by atoms with Crippen molar-refractivity contribution in [3.05, 3.63) is 29.3 Å². The Bertz CT molecular complexity index is 602. The Hall–Kier alpha value is -1.54. The van der Waals surface area contributed by atoms with Gasteiger partial charge in [0.2, 0.25) is 0 Å². The summed E-state index contributed by atoms with van der Waals surface area (Å²) in [7, 11) is -1.04. The molecule has 96 valence electrons. The molecule has 0 aromatic heterocycles. The smallest absolute Gasteiger partial charge is 0.152 e. The molecule has 0 amide bonds. The molecule has 1 atom stereocenters. The molecule has 1 saturated heterocycles. The minimum absolute atomic E-state index is 0.0248. The molecule has 1 fully saturated rings. The van der Waals surface area contributed by atoms with E-state index >= 15 is 0 Å². The number of anilines is 1. The summed E-state index contributed by atoms with van der Waals surface area (Å²) in [5.74, 6) is 0.429. The summed E-state index contributed by atoms with van der Waals surface area (Å²) < 4.78 is 23.0. The maximum Gasteiger partial charge on any atom is 0.152 e. The van der Waals surface area contributed by atoms with Crippen LogP contribution in [0.3, 0.4) is 0 Å². The molecular weight excluding hydrogens is 248 g/mol. The van der Waals surface area contributed by atoms with E-state index in [0.717, 1.165) is 11.3 Å². The van der Waals surface area contributed by atoms with E-state index in [4.69, 9.17) is 5.26 Å². The SMILES string of the molecule is Cc1cccc(C#N)c1N(C)C1CCS(=O)(=O)C1. The number of rotatable bonds is 2. The van der Waals surface area contributed by atoms with Crippen molar-refractivity contribution >= 4 is 15.5 Å². The van der Waals surface area contributed by atoms with Gasteiger partial charge in [-0.1, -0.05) is 12.1 Å². The fourth-order valence-corrected chi connectivity index (χ4v) is 4.26. The molecule has 1 aliphatic heterocycles. The third-order valence-electron chi connectivity index (χ3n) is 3.47. The Kier molecular flexibility index (Phi) is 3.31. The van der Waals surface area contributed by atoms with Gasteiger partial charge in [-0.25, -0.2) is 8.42 Å². The second-order valence-electron chi connectivity index (χ2n) is 4.75. The van der Waals surface area contributed by atoms with Gasteiger partial charge in [-0.3, -0.25) is 0 Å². The summed E-state index contributed by atoms with van der Waals surface area (Å²) in [6.07, 6.45) is 0.637. The molecule has 0 radical (unpaired) electrons. The number of nitriles is 1. The monoisotopic (exact) mass is 264 g/mol. The molecule has 0 saturated carbocycles. The highest BCUT2D eigenvalue weighted by Gasteiger charge is 2.31. The van der Waals surface area contributed by atoms with Crippen LogP contribution < -0.4 is 4.90 Å². The van der Waals surface area contributed by atoms with Crippen LogP contribution in [0, 0.1) is 18.3 Å². The van der Waals surface area contributed by atoms with Crippen LogP contribution in [0.4, 0.5) is 5.69 Å². The second kappa shape index (κ2) is 4.62. The summed E-state index contributed by atoms with van der Waals surface area (Å²) in [6.45, 7) is 1.94. The molecule has 1 unspecified atom stereocenters. The zero-order valence-electron chi connectivity index (χ0n) is 10.5. The van der Waals surface area contributed by atoms with Crippen molar-refractivity contribution < 1.29 is 8.42 Å². The van der Waals surface area contributed by atoms with Crippen molar-refractivity contribution in [3.63, 3.8) is 0 Å². The largest absolute Gasteiger partial charge is 0.369 e. The number of para-hydroxylation sites is 1. The van der Waals surface area contributed by atoms with Crippen LogP contribution in [0.5, 0.6) is 0 Å². The Morgan fingerprint density at radius 2 is 2.17 bits per heavy atom. The molecule has 18 heavy (non-hydrogen) atoms. The van der Waals surface area contributed by atoms with Gasteiger partial charge in [0.1, 0.15) is 6.07 Å². The van der Waals surface area contributed by atoms with Crippen molar-refractivity contribution in [3.8, 4) is 6.07 Å². The van der Waals surface area contributed by atoms with Gasteiger partial charge in [-0.05, 0) is 25.0 Å². The number of hydrogen-bond donors (Lipinski definition) is 0. The van der Waals surface area contributed by atoms with Crippen molar-refractivity contribution in [1.29, 1.82) is 5.26 Å². The summed E-state index contributed by atoms with van der Waals surface area (Å²) in [5.41, 5.74) is 2.45. The van der Waals surface area contributed by atoms with Crippen LogP contribution in [-0.2, 0) is 9.84 Å². The first kappa shape index (κ1) is 12.9. The molecule has 0 spiro atoms. The molecule has 1 aliphatic rings. The van der Waals surface area contributed by atoms with Gasteiger partial charge in [0, 0.05) is 13.1 Å². The van der Waals surface area contributed by atoms with Crippen LogP contribution in [-0.4, -0.2) is 33.0 Å². The van der Waals surface area contributed by atoms with Gasteiger partial charge in [-0.2, -0.15) is 5.26 Å². The van der Waals surface area contributed by atoms with E-state index in [0.29, 0.717) is 12.0 Å². The van der Waals surface area contributed by atoms with E-state index < -0.39 is 9.84 Å². The lowest BCUT2D eigenvalue weighted by molar-refractivity contribution is 0.601. The normalized spacial score (nSPS) is 21.5. The quantitative estimate of drug-likeness (QED) is 0.812. The van der Waals surface area contributed by atoms with Gasteiger partial charge < -0.3 is 4.90 Å². The highest BCUT2D eigenvalue weighted by Crippen LogP contribution is 2.28. The zero-order chi connectivity index (χ0) is 13.3. The van der Waals surface area contributed by atoms with E-state index in [2.05, 4.69) is 6.07 Å². The van der Waals surface area contributed by atoms with Gasteiger partial charge >= 0.3 is 0 Å². The van der Waals surface area contributed by atoms with Crippen LogP contribution in [0.2, 0.25) is 0 Å². The van der Waals surface area contributed by atoms with E-state index in [1.54, 1.807) is 6.07 Å². The average molecular weight is 264 g/mol. The third-order valence-corrected chi connectivity index (χ3v) is 5.22. The minimum atomic E-state index is -2.91. The summed E-state index contributed by atoms with van der Waals surface area (Å²) in [5, 5.41) is 9.14. The molecule has 1 aromatic rings. The predicted octanol–water partition coefficient (Wildman–Crippen LogP) is 1.49. The zero-order valence-corrected chi connectivity index (χ0v) is 11.4. The first-order valence-corrected chi connectivity index (χ1v) is 7.70. The number of nitrogens with zero attached hydrogens (tertiary/aromatic N) is 2. The standard InChI is InChI=1S/C13H16N2O2S/c1-10-4-3-5-11(8-14)13(10)15(2)12-6-7-18(16,17)9-12/h3-5,12H,6-7,9H2,1-2H3. The van der Waals surface area contributed by atoms with Crippen molar-refractivity contribution in [1.82, 2.24) is 0 Å². The highest BCUT2D eigenvalue weighted by atomic mass is 32.2. The van der Waals surface area contributed by atoms with E-state index in [9.17, 15) is 8.42 Å². The fourth-order valence-electron chi connectivity index (χ4n) is 2.48. The number of hydrogen-bond acceptors (Lipinski definition) is 4. The lowest BCUT2D eigenvalue weighted by atomic mass is 10.1. The van der Waals surface area contributed by atoms with E-state index in [1.807, 2.05) is 31.0 Å². The van der Waals surface area contributed by atoms with E-state index in [-0.39, 0.29) is 17.5 Å². The van der Waals surface area contributed by atoms with Gasteiger partial charge in [0.15, 0.2) is 9.84 Å². The molecule has 0 bridgehead atoms. The minimum Gasteiger partial charge on any atom is -0.369 e. The molecule has 0 N–H and O–H groups in total. The summed E-state index contributed by atoms with van der Waals surface area (Å²) in [4.78, 5) is 1.94. The van der Waals surface area contributed by atoms with Crippen LogP contribution in [0.15, 0.2) is 18.2 Å². The average Bonchev–Trinajstić information content (AvgIpc) is 2.68. The second-order valence-corrected chi connectivity index (χ2v) is 6.98. The van der Waals surface area contributed by atoms with E-state index in [1.165, 1.54) is 0 Å². The Morgan fingerprint density at radius 3 is 2.72 bits per heavy atom. The first-order chi connectivity index (χ1) is 8.44. The van der Waals surface area contributed by atoms with Crippen molar-refractivity contribution in [2.24, 2.45) is 0 Å². The van der Waals surface area contributed by atoms with Gasteiger partial charge in [0.25, 0.3) is 0 Å². The summed E-state index contributed by atoms with van der Waals surface area (Å²) >= 11 is 0. The number of benzene rings is 1. The van der Waals surface area contributed by atoms with Crippen molar-refractivity contribution in [2.45, 2.75) is 19.4 Å². The molecular formula is C13H16N2O2S. The van der Waals surface area contributed by atoms with Crippen LogP contribution >= 0.6 is 0 Å². The van der Waals surface area contributed by atoms with Crippen molar-refractivity contribution in [2.75, 3.05) is 23.5 Å². The predicted molar refractivity (Wildman–Crippen MR) is 71.4 cm³/mol. The highest BCUT2D eigenvalue weighted by molar-refractivity contribution is 7.91. The molecule has 2 rings (SSSR count). The maximum absolute atomic E-state index is 11.5.